The Morgan fingerprint density at radius 2 is 1.80 bits per heavy atom. The number of hydrogen-bond acceptors (Lipinski definition) is 2. The molecule has 0 amide bonds. The third-order valence-electron chi connectivity index (χ3n) is 3.01. The lowest BCUT2D eigenvalue weighted by Gasteiger charge is -2.32. The van der Waals surface area contributed by atoms with E-state index in [1.54, 1.807) is 18.2 Å². The molecule has 1 aromatic rings. The van der Waals surface area contributed by atoms with E-state index in [9.17, 15) is 14.3 Å². The number of benzene rings is 1. The third-order valence-corrected chi connectivity index (χ3v) is 3.01. The molecule has 0 unspecified atom stereocenters. The van der Waals surface area contributed by atoms with Gasteiger partial charge < -0.3 is 5.11 Å². The predicted octanol–water partition coefficient (Wildman–Crippen LogP) is 2.16. The highest BCUT2D eigenvalue weighted by molar-refractivity contribution is 5.79. The van der Waals surface area contributed by atoms with Gasteiger partial charge in [-0.3, -0.25) is 4.79 Å². The van der Waals surface area contributed by atoms with E-state index in [0.29, 0.717) is 31.2 Å². The molecule has 2 rings (SSSR count). The number of halogens is 1. The molecule has 80 valence electrons. The Morgan fingerprint density at radius 1 is 1.20 bits per heavy atom. The summed E-state index contributed by atoms with van der Waals surface area (Å²) in [5.74, 6) is -0.245. The quantitative estimate of drug-likeness (QED) is 0.767. The van der Waals surface area contributed by atoms with Gasteiger partial charge in [0, 0.05) is 18.4 Å². The Kier molecular flexibility index (Phi) is 2.57. The first-order valence-corrected chi connectivity index (χ1v) is 5.11. The van der Waals surface area contributed by atoms with Crippen molar-refractivity contribution in [2.24, 2.45) is 0 Å². The lowest BCUT2D eigenvalue weighted by Crippen LogP contribution is -2.32. The van der Waals surface area contributed by atoms with E-state index >= 15 is 0 Å². The molecular weight excluding hydrogens is 195 g/mol. The average Bonchev–Trinajstić information content (AvgIpc) is 2.23. The summed E-state index contributed by atoms with van der Waals surface area (Å²) in [6.07, 6.45) is 1.33. The zero-order chi connectivity index (χ0) is 10.9. The molecule has 1 N–H and O–H groups in total. The van der Waals surface area contributed by atoms with Gasteiger partial charge in [-0.05, 0) is 18.9 Å². The molecule has 3 heteroatoms. The van der Waals surface area contributed by atoms with Crippen molar-refractivity contribution in [2.45, 2.75) is 31.3 Å². The number of carbonyl (C=O) groups excluding carboxylic acids is 1. The highest BCUT2D eigenvalue weighted by atomic mass is 19.1. The molecule has 1 aliphatic carbocycles. The first kappa shape index (κ1) is 10.3. The Hall–Kier alpha value is -1.22. The van der Waals surface area contributed by atoms with Crippen LogP contribution in [-0.2, 0) is 10.4 Å². The molecule has 0 aromatic heterocycles. The lowest BCUT2D eigenvalue weighted by atomic mass is 9.79. The number of Topliss-reactive ketones (excluding diaryl/α,β-unsaturated/α-hetero) is 1. The number of ketones is 1. The summed E-state index contributed by atoms with van der Waals surface area (Å²) in [4.78, 5) is 11.1. The summed E-state index contributed by atoms with van der Waals surface area (Å²) in [5, 5.41) is 10.2. The summed E-state index contributed by atoms with van der Waals surface area (Å²) in [7, 11) is 0. The van der Waals surface area contributed by atoms with Crippen LogP contribution in [-0.4, -0.2) is 10.9 Å². The standard InChI is InChI=1S/C12H13FO2/c13-11-4-2-1-3-10(11)12(15)7-5-9(14)6-8-12/h1-4,15H,5-8H2. The maximum Gasteiger partial charge on any atom is 0.133 e. The molecule has 0 spiro atoms. The van der Waals surface area contributed by atoms with E-state index in [1.165, 1.54) is 6.07 Å². The van der Waals surface area contributed by atoms with Crippen LogP contribution in [0.25, 0.3) is 0 Å². The van der Waals surface area contributed by atoms with Crippen LogP contribution in [0, 0.1) is 5.82 Å². The fourth-order valence-electron chi connectivity index (χ4n) is 2.05. The van der Waals surface area contributed by atoms with Crippen molar-refractivity contribution in [1.82, 2.24) is 0 Å². The van der Waals surface area contributed by atoms with Gasteiger partial charge in [-0.2, -0.15) is 0 Å². The summed E-state index contributed by atoms with van der Waals surface area (Å²) < 4.78 is 13.5. The fourth-order valence-corrected chi connectivity index (χ4v) is 2.05. The smallest absolute Gasteiger partial charge is 0.133 e. The number of rotatable bonds is 1. The Labute approximate surface area is 87.7 Å². The molecule has 1 saturated carbocycles. The molecule has 0 radical (unpaired) electrons. The second-order valence-corrected chi connectivity index (χ2v) is 4.05. The van der Waals surface area contributed by atoms with Crippen molar-refractivity contribution in [3.05, 3.63) is 35.6 Å². The molecule has 0 heterocycles. The van der Waals surface area contributed by atoms with Crippen LogP contribution in [0.5, 0.6) is 0 Å². The van der Waals surface area contributed by atoms with Crippen LogP contribution in [0.1, 0.15) is 31.2 Å². The van der Waals surface area contributed by atoms with Gasteiger partial charge in [0.15, 0.2) is 0 Å². The SMILES string of the molecule is O=C1CCC(O)(c2ccccc2F)CC1. The Bertz CT molecular complexity index is 377. The van der Waals surface area contributed by atoms with E-state index in [0.717, 1.165) is 0 Å². The molecule has 1 aliphatic rings. The van der Waals surface area contributed by atoms with Crippen molar-refractivity contribution in [2.75, 3.05) is 0 Å². The number of hydrogen-bond donors (Lipinski definition) is 1. The first-order chi connectivity index (χ1) is 7.12. The van der Waals surface area contributed by atoms with Crippen LogP contribution >= 0.6 is 0 Å². The zero-order valence-corrected chi connectivity index (χ0v) is 8.37. The van der Waals surface area contributed by atoms with Gasteiger partial charge in [0.05, 0.1) is 5.60 Å². The maximum atomic E-state index is 13.5. The average molecular weight is 208 g/mol. The van der Waals surface area contributed by atoms with Crippen LogP contribution in [0.4, 0.5) is 4.39 Å². The predicted molar refractivity (Wildman–Crippen MR) is 53.8 cm³/mol. The maximum absolute atomic E-state index is 13.5. The minimum atomic E-state index is -1.15. The Morgan fingerprint density at radius 3 is 2.40 bits per heavy atom. The van der Waals surface area contributed by atoms with Gasteiger partial charge >= 0.3 is 0 Å². The summed E-state index contributed by atoms with van der Waals surface area (Å²) >= 11 is 0. The molecule has 15 heavy (non-hydrogen) atoms. The van der Waals surface area contributed by atoms with Crippen molar-refractivity contribution >= 4 is 5.78 Å². The minimum Gasteiger partial charge on any atom is -0.385 e. The minimum absolute atomic E-state index is 0.149. The molecule has 1 fully saturated rings. The van der Waals surface area contributed by atoms with Crippen molar-refractivity contribution < 1.29 is 14.3 Å². The molecule has 0 aliphatic heterocycles. The van der Waals surface area contributed by atoms with Gasteiger partial charge in [-0.1, -0.05) is 18.2 Å². The summed E-state index contributed by atoms with van der Waals surface area (Å²) in [6.45, 7) is 0. The van der Waals surface area contributed by atoms with Crippen molar-refractivity contribution in [1.29, 1.82) is 0 Å². The van der Waals surface area contributed by atoms with E-state index in [2.05, 4.69) is 0 Å². The monoisotopic (exact) mass is 208 g/mol. The number of aliphatic hydroxyl groups is 1. The van der Waals surface area contributed by atoms with Crippen LogP contribution < -0.4 is 0 Å². The normalized spacial score (nSPS) is 20.3. The van der Waals surface area contributed by atoms with E-state index < -0.39 is 11.4 Å². The highest BCUT2D eigenvalue weighted by Gasteiger charge is 2.35. The highest BCUT2D eigenvalue weighted by Crippen LogP contribution is 2.36. The molecular formula is C12H13FO2. The van der Waals surface area contributed by atoms with Crippen molar-refractivity contribution in [3.8, 4) is 0 Å². The zero-order valence-electron chi connectivity index (χ0n) is 8.37. The second kappa shape index (κ2) is 3.74. The van der Waals surface area contributed by atoms with Gasteiger partial charge in [-0.25, -0.2) is 4.39 Å². The molecule has 0 atom stereocenters. The first-order valence-electron chi connectivity index (χ1n) is 5.11. The lowest BCUT2D eigenvalue weighted by molar-refractivity contribution is -0.125. The van der Waals surface area contributed by atoms with Gasteiger partial charge in [0.1, 0.15) is 11.6 Å². The summed E-state index contributed by atoms with van der Waals surface area (Å²) in [5.41, 5.74) is -0.836. The van der Waals surface area contributed by atoms with Crippen LogP contribution in [0.2, 0.25) is 0 Å². The Balaban J connectivity index is 2.30. The van der Waals surface area contributed by atoms with Crippen molar-refractivity contribution in [3.63, 3.8) is 0 Å². The van der Waals surface area contributed by atoms with Gasteiger partial charge in [0.25, 0.3) is 0 Å². The number of carbonyl (C=O) groups is 1. The fraction of sp³-hybridized carbons (Fsp3) is 0.417. The van der Waals surface area contributed by atoms with Gasteiger partial charge in [-0.15, -0.1) is 0 Å². The second-order valence-electron chi connectivity index (χ2n) is 4.05. The van der Waals surface area contributed by atoms with E-state index in [1.807, 2.05) is 0 Å². The van der Waals surface area contributed by atoms with Gasteiger partial charge in [0.2, 0.25) is 0 Å². The topological polar surface area (TPSA) is 37.3 Å². The third kappa shape index (κ3) is 1.92. The van der Waals surface area contributed by atoms with E-state index in [4.69, 9.17) is 0 Å². The molecule has 0 bridgehead atoms. The van der Waals surface area contributed by atoms with E-state index in [-0.39, 0.29) is 5.78 Å². The largest absolute Gasteiger partial charge is 0.385 e. The molecule has 1 aromatic carbocycles. The summed E-state index contributed by atoms with van der Waals surface area (Å²) in [6, 6.07) is 6.22. The molecule has 0 saturated heterocycles. The van der Waals surface area contributed by atoms with Crippen LogP contribution in [0.3, 0.4) is 0 Å². The molecule has 2 nitrogen and oxygen atoms in total. The van der Waals surface area contributed by atoms with Crippen LogP contribution in [0.15, 0.2) is 24.3 Å².